The SMILES string of the molecule is NC(=S)c1ccc(Oc2ccc(Cl)cc2)c(F)c1. The highest BCUT2D eigenvalue weighted by Crippen LogP contribution is 2.26. The molecule has 2 aromatic rings. The molecule has 5 heteroatoms. The molecule has 0 aliphatic heterocycles. The Morgan fingerprint density at radius 3 is 2.39 bits per heavy atom. The van der Waals surface area contributed by atoms with E-state index in [4.69, 9.17) is 34.3 Å². The van der Waals surface area contributed by atoms with Crippen molar-refractivity contribution in [2.45, 2.75) is 0 Å². The third kappa shape index (κ3) is 2.97. The highest BCUT2D eigenvalue weighted by atomic mass is 35.5. The molecule has 0 aliphatic carbocycles. The van der Waals surface area contributed by atoms with E-state index in [1.54, 1.807) is 30.3 Å². The maximum atomic E-state index is 13.7. The second kappa shape index (κ2) is 5.33. The van der Waals surface area contributed by atoms with Gasteiger partial charge in [-0.2, -0.15) is 0 Å². The Bertz CT molecular complexity index is 586. The quantitative estimate of drug-likeness (QED) is 0.867. The average molecular weight is 282 g/mol. The molecular weight excluding hydrogens is 273 g/mol. The predicted molar refractivity (Wildman–Crippen MR) is 73.8 cm³/mol. The number of rotatable bonds is 3. The predicted octanol–water partition coefficient (Wildman–Crippen LogP) is 3.91. The molecule has 0 atom stereocenters. The molecule has 0 radical (unpaired) electrons. The van der Waals surface area contributed by atoms with Gasteiger partial charge in [0.25, 0.3) is 0 Å². The molecule has 0 amide bonds. The molecular formula is C13H9ClFNOS. The van der Waals surface area contributed by atoms with Crippen molar-refractivity contribution in [1.29, 1.82) is 0 Å². The zero-order valence-electron chi connectivity index (χ0n) is 9.19. The molecule has 0 unspecified atom stereocenters. The van der Waals surface area contributed by atoms with Gasteiger partial charge in [-0.25, -0.2) is 4.39 Å². The normalized spacial score (nSPS) is 10.1. The van der Waals surface area contributed by atoms with E-state index in [-0.39, 0.29) is 10.7 Å². The Kier molecular flexibility index (Phi) is 3.79. The molecule has 0 heterocycles. The summed E-state index contributed by atoms with van der Waals surface area (Å²) >= 11 is 10.5. The van der Waals surface area contributed by atoms with Gasteiger partial charge in [0.05, 0.1) is 0 Å². The summed E-state index contributed by atoms with van der Waals surface area (Å²) in [6, 6.07) is 11.0. The molecule has 0 aromatic heterocycles. The summed E-state index contributed by atoms with van der Waals surface area (Å²) in [6.07, 6.45) is 0. The molecule has 92 valence electrons. The van der Waals surface area contributed by atoms with Gasteiger partial charge in [0.2, 0.25) is 0 Å². The van der Waals surface area contributed by atoms with Crippen LogP contribution in [0.1, 0.15) is 5.56 Å². The monoisotopic (exact) mass is 281 g/mol. The number of benzene rings is 2. The van der Waals surface area contributed by atoms with E-state index in [9.17, 15) is 4.39 Å². The Hall–Kier alpha value is -1.65. The maximum absolute atomic E-state index is 13.7. The minimum Gasteiger partial charge on any atom is -0.454 e. The van der Waals surface area contributed by atoms with Crippen LogP contribution < -0.4 is 10.5 Å². The van der Waals surface area contributed by atoms with Crippen LogP contribution in [0.4, 0.5) is 4.39 Å². The van der Waals surface area contributed by atoms with Gasteiger partial charge in [-0.05, 0) is 42.5 Å². The fourth-order valence-corrected chi connectivity index (χ4v) is 1.62. The number of halogens is 2. The maximum Gasteiger partial charge on any atom is 0.166 e. The van der Waals surface area contributed by atoms with Gasteiger partial charge in [-0.1, -0.05) is 23.8 Å². The molecule has 2 rings (SSSR count). The van der Waals surface area contributed by atoms with E-state index >= 15 is 0 Å². The molecule has 2 N–H and O–H groups in total. The van der Waals surface area contributed by atoms with Gasteiger partial charge in [-0.3, -0.25) is 0 Å². The lowest BCUT2D eigenvalue weighted by atomic mass is 10.2. The summed E-state index contributed by atoms with van der Waals surface area (Å²) < 4.78 is 19.1. The average Bonchev–Trinajstić information content (AvgIpc) is 2.34. The van der Waals surface area contributed by atoms with E-state index < -0.39 is 5.82 Å². The Morgan fingerprint density at radius 2 is 1.83 bits per heavy atom. The summed E-state index contributed by atoms with van der Waals surface area (Å²) in [5.41, 5.74) is 5.88. The van der Waals surface area contributed by atoms with E-state index in [1.807, 2.05) is 0 Å². The summed E-state index contributed by atoms with van der Waals surface area (Å²) in [5.74, 6) is 0.0916. The lowest BCUT2D eigenvalue weighted by Gasteiger charge is -2.08. The first kappa shape index (κ1) is 12.8. The van der Waals surface area contributed by atoms with E-state index in [2.05, 4.69) is 0 Å². The van der Waals surface area contributed by atoms with Crippen LogP contribution in [-0.2, 0) is 0 Å². The lowest BCUT2D eigenvalue weighted by Crippen LogP contribution is -2.09. The van der Waals surface area contributed by atoms with Crippen LogP contribution in [0.15, 0.2) is 42.5 Å². The molecule has 18 heavy (non-hydrogen) atoms. The zero-order chi connectivity index (χ0) is 13.1. The van der Waals surface area contributed by atoms with Crippen molar-refractivity contribution < 1.29 is 9.13 Å². The van der Waals surface area contributed by atoms with Gasteiger partial charge in [-0.15, -0.1) is 0 Å². The van der Waals surface area contributed by atoms with Crippen LogP contribution in [0, 0.1) is 5.82 Å². The number of ether oxygens (including phenoxy) is 1. The minimum absolute atomic E-state index is 0.109. The van der Waals surface area contributed by atoms with Crippen molar-refractivity contribution in [1.82, 2.24) is 0 Å². The molecule has 0 saturated carbocycles. The van der Waals surface area contributed by atoms with Crippen LogP contribution in [0.2, 0.25) is 5.02 Å². The van der Waals surface area contributed by atoms with Crippen molar-refractivity contribution in [3.05, 3.63) is 58.9 Å². The van der Waals surface area contributed by atoms with Gasteiger partial charge in [0.15, 0.2) is 11.6 Å². The van der Waals surface area contributed by atoms with Crippen LogP contribution in [0.5, 0.6) is 11.5 Å². The van der Waals surface area contributed by atoms with Crippen LogP contribution in [0.3, 0.4) is 0 Å². The standard InChI is InChI=1S/C13H9ClFNOS/c14-9-2-4-10(5-3-9)17-12-6-1-8(13(16)18)7-11(12)15/h1-7H,(H2,16,18). The number of hydrogen-bond donors (Lipinski definition) is 1. The first-order valence-corrected chi connectivity index (χ1v) is 5.87. The van der Waals surface area contributed by atoms with Crippen LogP contribution >= 0.6 is 23.8 Å². The second-order valence-electron chi connectivity index (χ2n) is 3.57. The van der Waals surface area contributed by atoms with E-state index in [0.717, 1.165) is 0 Å². The van der Waals surface area contributed by atoms with Crippen molar-refractivity contribution in [2.24, 2.45) is 5.73 Å². The largest absolute Gasteiger partial charge is 0.454 e. The Morgan fingerprint density at radius 1 is 1.17 bits per heavy atom. The zero-order valence-corrected chi connectivity index (χ0v) is 10.8. The highest BCUT2D eigenvalue weighted by molar-refractivity contribution is 7.80. The molecule has 0 spiro atoms. The van der Waals surface area contributed by atoms with Gasteiger partial charge >= 0.3 is 0 Å². The molecule has 0 fully saturated rings. The Labute approximate surface area is 114 Å². The summed E-state index contributed by atoms with van der Waals surface area (Å²) in [6.45, 7) is 0. The van der Waals surface area contributed by atoms with E-state index in [1.165, 1.54) is 12.1 Å². The molecule has 0 saturated heterocycles. The number of nitrogens with two attached hydrogens (primary N) is 1. The summed E-state index contributed by atoms with van der Waals surface area (Å²) in [5, 5.41) is 0.589. The summed E-state index contributed by atoms with van der Waals surface area (Å²) in [7, 11) is 0. The van der Waals surface area contributed by atoms with Crippen molar-refractivity contribution in [3.63, 3.8) is 0 Å². The van der Waals surface area contributed by atoms with Crippen LogP contribution in [0.25, 0.3) is 0 Å². The molecule has 0 bridgehead atoms. The lowest BCUT2D eigenvalue weighted by molar-refractivity contribution is 0.442. The topological polar surface area (TPSA) is 35.2 Å². The van der Waals surface area contributed by atoms with Gasteiger partial charge < -0.3 is 10.5 Å². The number of thiocarbonyl (C=S) groups is 1. The van der Waals surface area contributed by atoms with E-state index in [0.29, 0.717) is 16.3 Å². The smallest absolute Gasteiger partial charge is 0.166 e. The third-order valence-electron chi connectivity index (χ3n) is 2.26. The van der Waals surface area contributed by atoms with Crippen molar-refractivity contribution >= 4 is 28.8 Å². The van der Waals surface area contributed by atoms with Gasteiger partial charge in [0, 0.05) is 10.6 Å². The first-order valence-electron chi connectivity index (χ1n) is 5.09. The highest BCUT2D eigenvalue weighted by Gasteiger charge is 2.07. The minimum atomic E-state index is -0.518. The molecule has 2 nitrogen and oxygen atoms in total. The van der Waals surface area contributed by atoms with Crippen LogP contribution in [-0.4, -0.2) is 4.99 Å². The van der Waals surface area contributed by atoms with Gasteiger partial charge in [0.1, 0.15) is 10.7 Å². The second-order valence-corrected chi connectivity index (χ2v) is 4.44. The molecule has 0 aliphatic rings. The third-order valence-corrected chi connectivity index (χ3v) is 2.75. The first-order chi connectivity index (χ1) is 8.56. The fourth-order valence-electron chi connectivity index (χ4n) is 1.37. The Balaban J connectivity index is 2.24. The van der Waals surface area contributed by atoms with Crippen molar-refractivity contribution in [3.8, 4) is 11.5 Å². The van der Waals surface area contributed by atoms with Crippen molar-refractivity contribution in [2.75, 3.05) is 0 Å². The number of hydrogen-bond acceptors (Lipinski definition) is 2. The fraction of sp³-hybridized carbons (Fsp3) is 0. The summed E-state index contributed by atoms with van der Waals surface area (Å²) in [4.78, 5) is 0.145. The molecule has 2 aromatic carbocycles.